The van der Waals surface area contributed by atoms with Crippen LogP contribution in [0.3, 0.4) is 0 Å². The predicted octanol–water partition coefficient (Wildman–Crippen LogP) is 0.0188. The van der Waals surface area contributed by atoms with Gasteiger partial charge in [-0.05, 0) is 18.8 Å². The van der Waals surface area contributed by atoms with Gasteiger partial charge in [0.2, 0.25) is 0 Å². The molecule has 0 aromatic rings. The summed E-state index contributed by atoms with van der Waals surface area (Å²) in [5.74, 6) is -2.51. The number of carbonyl (C=O) groups excluding carboxylic acids is 2. The van der Waals surface area contributed by atoms with E-state index in [1.165, 1.54) is 0 Å². The van der Waals surface area contributed by atoms with Crippen molar-refractivity contribution in [2.45, 2.75) is 20.8 Å². The molecule has 0 radical (unpaired) electrons. The Labute approximate surface area is 77.2 Å². The molecule has 0 heterocycles. The van der Waals surface area contributed by atoms with Crippen LogP contribution in [0.5, 0.6) is 0 Å². The van der Waals surface area contributed by atoms with Gasteiger partial charge in [-0.25, -0.2) is 4.79 Å². The summed E-state index contributed by atoms with van der Waals surface area (Å²) in [6.45, 7) is 5.03. The number of ether oxygens (including phenoxy) is 1. The van der Waals surface area contributed by atoms with E-state index in [0.29, 0.717) is 0 Å². The van der Waals surface area contributed by atoms with E-state index in [1.807, 2.05) is 0 Å². The van der Waals surface area contributed by atoms with Crippen molar-refractivity contribution in [1.82, 2.24) is 0 Å². The summed E-state index contributed by atoms with van der Waals surface area (Å²) >= 11 is 0. The standard InChI is InChI=1S/C9H14O4/c1-4-13-9(12)8(11)5-7(10)6(2)3/h5-6,11H,4H2,1-3H3/p-1/b8-5-. The van der Waals surface area contributed by atoms with Gasteiger partial charge in [-0.1, -0.05) is 13.8 Å². The van der Waals surface area contributed by atoms with Crippen LogP contribution in [0.25, 0.3) is 0 Å². The third-order valence-electron chi connectivity index (χ3n) is 1.32. The molecule has 74 valence electrons. The van der Waals surface area contributed by atoms with Crippen LogP contribution in [0.15, 0.2) is 11.8 Å². The molecule has 0 rings (SSSR count). The largest absolute Gasteiger partial charge is 0.868 e. The highest BCUT2D eigenvalue weighted by atomic mass is 16.5. The molecule has 4 nitrogen and oxygen atoms in total. The van der Waals surface area contributed by atoms with Gasteiger partial charge in [0.1, 0.15) is 0 Å². The predicted molar refractivity (Wildman–Crippen MR) is 44.6 cm³/mol. The topological polar surface area (TPSA) is 66.4 Å². The Kier molecular flexibility index (Phi) is 4.80. The van der Waals surface area contributed by atoms with Gasteiger partial charge in [-0.3, -0.25) is 4.79 Å². The molecule has 0 unspecified atom stereocenters. The minimum atomic E-state index is -0.975. The normalized spacial score (nSPS) is 11.5. The van der Waals surface area contributed by atoms with Crippen LogP contribution in [0.1, 0.15) is 20.8 Å². The summed E-state index contributed by atoms with van der Waals surface area (Å²) in [6, 6.07) is 0. The summed E-state index contributed by atoms with van der Waals surface area (Å²) < 4.78 is 4.41. The first-order valence-corrected chi connectivity index (χ1v) is 4.08. The fourth-order valence-electron chi connectivity index (χ4n) is 0.557. The molecular formula is C9H13O4-. The Morgan fingerprint density at radius 3 is 2.38 bits per heavy atom. The molecule has 0 spiro atoms. The van der Waals surface area contributed by atoms with Crippen molar-refractivity contribution < 1.29 is 19.4 Å². The Morgan fingerprint density at radius 1 is 1.46 bits per heavy atom. The van der Waals surface area contributed by atoms with Gasteiger partial charge < -0.3 is 9.84 Å². The van der Waals surface area contributed by atoms with Crippen LogP contribution in [0.4, 0.5) is 0 Å². The van der Waals surface area contributed by atoms with Crippen molar-refractivity contribution >= 4 is 11.8 Å². The zero-order valence-corrected chi connectivity index (χ0v) is 7.99. The van der Waals surface area contributed by atoms with E-state index in [4.69, 9.17) is 0 Å². The Hall–Kier alpha value is -1.32. The summed E-state index contributed by atoms with van der Waals surface area (Å²) in [5.41, 5.74) is 0. The van der Waals surface area contributed by atoms with E-state index in [1.54, 1.807) is 20.8 Å². The SMILES string of the molecule is CCOC(=O)/C([O-])=C/C(=O)C(C)C. The van der Waals surface area contributed by atoms with Crippen molar-refractivity contribution in [1.29, 1.82) is 0 Å². The third-order valence-corrected chi connectivity index (χ3v) is 1.32. The molecular weight excluding hydrogens is 172 g/mol. The number of rotatable bonds is 4. The molecule has 0 atom stereocenters. The van der Waals surface area contributed by atoms with Gasteiger partial charge in [-0.2, -0.15) is 0 Å². The fourth-order valence-corrected chi connectivity index (χ4v) is 0.557. The molecule has 0 amide bonds. The highest BCUT2D eigenvalue weighted by molar-refractivity contribution is 5.98. The van der Waals surface area contributed by atoms with Gasteiger partial charge in [0.05, 0.1) is 6.61 Å². The molecule has 0 aliphatic rings. The summed E-state index contributed by atoms with van der Waals surface area (Å²) in [6.07, 6.45) is 0.780. The van der Waals surface area contributed by atoms with Crippen LogP contribution in [0, 0.1) is 5.92 Å². The van der Waals surface area contributed by atoms with E-state index in [-0.39, 0.29) is 18.3 Å². The van der Waals surface area contributed by atoms with Crippen LogP contribution in [-0.4, -0.2) is 18.4 Å². The third kappa shape index (κ3) is 4.30. The number of hydrogen-bond acceptors (Lipinski definition) is 4. The Bertz CT molecular complexity index is 228. The zero-order valence-electron chi connectivity index (χ0n) is 7.99. The highest BCUT2D eigenvalue weighted by Crippen LogP contribution is 1.98. The van der Waals surface area contributed by atoms with Crippen molar-refractivity contribution in [3.8, 4) is 0 Å². The van der Waals surface area contributed by atoms with Gasteiger partial charge in [0.25, 0.3) is 0 Å². The molecule has 0 bridgehead atoms. The van der Waals surface area contributed by atoms with E-state index in [0.717, 1.165) is 6.08 Å². The summed E-state index contributed by atoms with van der Waals surface area (Å²) in [4.78, 5) is 21.7. The quantitative estimate of drug-likeness (QED) is 0.352. The first-order valence-electron chi connectivity index (χ1n) is 4.08. The van der Waals surface area contributed by atoms with Crippen molar-refractivity contribution in [3.05, 3.63) is 11.8 Å². The summed E-state index contributed by atoms with van der Waals surface area (Å²) in [5, 5.41) is 10.9. The van der Waals surface area contributed by atoms with E-state index < -0.39 is 11.7 Å². The van der Waals surface area contributed by atoms with Crippen molar-refractivity contribution in [2.24, 2.45) is 5.92 Å². The van der Waals surface area contributed by atoms with Crippen molar-refractivity contribution in [3.63, 3.8) is 0 Å². The maximum absolute atomic E-state index is 11.0. The molecule has 0 aromatic heterocycles. The van der Waals surface area contributed by atoms with Crippen LogP contribution in [-0.2, 0) is 14.3 Å². The number of ketones is 1. The molecule has 0 saturated heterocycles. The summed E-state index contributed by atoms with van der Waals surface area (Å²) in [7, 11) is 0. The monoisotopic (exact) mass is 185 g/mol. The lowest BCUT2D eigenvalue weighted by molar-refractivity contribution is -0.303. The minimum absolute atomic E-state index is 0.133. The molecule has 13 heavy (non-hydrogen) atoms. The minimum Gasteiger partial charge on any atom is -0.868 e. The molecule has 0 aliphatic heterocycles. The first-order chi connectivity index (χ1) is 5.99. The second-order valence-corrected chi connectivity index (χ2v) is 2.79. The lowest BCUT2D eigenvalue weighted by Gasteiger charge is -2.10. The van der Waals surface area contributed by atoms with Crippen molar-refractivity contribution in [2.75, 3.05) is 6.61 Å². The molecule has 0 fully saturated rings. The van der Waals surface area contributed by atoms with Gasteiger partial charge in [0.15, 0.2) is 5.78 Å². The van der Waals surface area contributed by atoms with E-state index in [9.17, 15) is 14.7 Å². The molecule has 0 saturated carbocycles. The number of allylic oxidation sites excluding steroid dienone is 1. The second-order valence-electron chi connectivity index (χ2n) is 2.79. The first kappa shape index (κ1) is 11.7. The maximum atomic E-state index is 11.0. The van der Waals surface area contributed by atoms with Crippen LogP contribution in [0.2, 0.25) is 0 Å². The number of hydrogen-bond donors (Lipinski definition) is 0. The van der Waals surface area contributed by atoms with Crippen LogP contribution >= 0.6 is 0 Å². The molecule has 4 heteroatoms. The Morgan fingerprint density at radius 2 is 2.00 bits per heavy atom. The van der Waals surface area contributed by atoms with E-state index in [2.05, 4.69) is 4.74 Å². The lowest BCUT2D eigenvalue weighted by Crippen LogP contribution is -2.20. The molecule has 0 N–H and O–H groups in total. The Balaban J connectivity index is 4.31. The van der Waals surface area contributed by atoms with Gasteiger partial charge >= 0.3 is 5.97 Å². The number of esters is 1. The van der Waals surface area contributed by atoms with Crippen LogP contribution < -0.4 is 5.11 Å². The molecule has 0 aromatic carbocycles. The average Bonchev–Trinajstić information content (AvgIpc) is 2.04. The van der Waals surface area contributed by atoms with Gasteiger partial charge in [-0.15, -0.1) is 0 Å². The fraction of sp³-hybridized carbons (Fsp3) is 0.556. The van der Waals surface area contributed by atoms with E-state index >= 15 is 0 Å². The highest BCUT2D eigenvalue weighted by Gasteiger charge is 2.05. The maximum Gasteiger partial charge on any atom is 0.322 e. The number of carbonyl (C=O) groups is 2. The average molecular weight is 185 g/mol. The second kappa shape index (κ2) is 5.35. The smallest absolute Gasteiger partial charge is 0.322 e. The molecule has 0 aliphatic carbocycles. The lowest BCUT2D eigenvalue weighted by atomic mass is 10.1. The zero-order chi connectivity index (χ0) is 10.4. The van der Waals surface area contributed by atoms with Gasteiger partial charge in [0, 0.05) is 5.92 Å².